The van der Waals surface area contributed by atoms with E-state index < -0.39 is 5.60 Å². The second-order valence-electron chi connectivity index (χ2n) is 8.37. The van der Waals surface area contributed by atoms with Crippen molar-refractivity contribution >= 4 is 6.09 Å². The molecule has 0 aromatic heterocycles. The maximum absolute atomic E-state index is 12.5. The molecule has 1 amide bonds. The van der Waals surface area contributed by atoms with Gasteiger partial charge in [0.1, 0.15) is 18.0 Å². The summed E-state index contributed by atoms with van der Waals surface area (Å²) >= 11 is 0. The first kappa shape index (κ1) is 19.7. The fourth-order valence-corrected chi connectivity index (χ4v) is 3.40. The number of fused-ring (bicyclic) bond motifs is 1. The molecule has 29 heavy (non-hydrogen) atoms. The predicted molar refractivity (Wildman–Crippen MR) is 108 cm³/mol. The van der Waals surface area contributed by atoms with Crippen molar-refractivity contribution in [3.8, 4) is 16.9 Å². The van der Waals surface area contributed by atoms with Crippen LogP contribution in [0.5, 0.6) is 5.75 Å². The first-order chi connectivity index (χ1) is 13.8. The summed E-state index contributed by atoms with van der Waals surface area (Å²) in [6, 6.07) is 14.2. The molecule has 6 heteroatoms. The van der Waals surface area contributed by atoms with E-state index >= 15 is 0 Å². The third-order valence-electron chi connectivity index (χ3n) is 4.84. The summed E-state index contributed by atoms with van der Waals surface area (Å²) in [5.74, 6) is 0.807. The predicted octanol–water partition coefficient (Wildman–Crippen LogP) is 4.87. The van der Waals surface area contributed by atoms with Crippen LogP contribution in [0, 0.1) is 0 Å². The van der Waals surface area contributed by atoms with Crippen LogP contribution in [-0.2, 0) is 20.8 Å². The van der Waals surface area contributed by atoms with Crippen molar-refractivity contribution in [1.29, 1.82) is 0 Å². The summed E-state index contributed by atoms with van der Waals surface area (Å²) < 4.78 is 22.5. The molecule has 0 bridgehead atoms. The fourth-order valence-electron chi connectivity index (χ4n) is 3.40. The third kappa shape index (κ3) is 4.54. The van der Waals surface area contributed by atoms with Crippen LogP contribution < -0.4 is 4.74 Å². The zero-order chi connectivity index (χ0) is 20.6. The van der Waals surface area contributed by atoms with E-state index in [9.17, 15) is 4.79 Å². The standard InChI is InChI=1S/C23H27NO5/c1-15-27-21(28-15)17-7-5-16(6-8-17)18-9-10-20-19(13-18)14-24(11-12-26-20)22(25)29-23(2,3)4/h5-10,13,15,21H,11-12,14H2,1-4H3. The van der Waals surface area contributed by atoms with Crippen molar-refractivity contribution < 1.29 is 23.7 Å². The molecule has 0 saturated carbocycles. The van der Waals surface area contributed by atoms with Crippen LogP contribution in [0.1, 0.15) is 45.1 Å². The molecule has 0 aliphatic carbocycles. The second kappa shape index (κ2) is 7.69. The van der Waals surface area contributed by atoms with Gasteiger partial charge in [-0.2, -0.15) is 0 Å². The van der Waals surface area contributed by atoms with Crippen molar-refractivity contribution in [2.45, 2.75) is 52.4 Å². The summed E-state index contributed by atoms with van der Waals surface area (Å²) in [4.78, 5) is 14.2. The van der Waals surface area contributed by atoms with Crippen molar-refractivity contribution in [2.75, 3.05) is 13.2 Å². The van der Waals surface area contributed by atoms with Gasteiger partial charge in [-0.1, -0.05) is 30.3 Å². The topological polar surface area (TPSA) is 57.2 Å². The number of ether oxygens (including phenoxy) is 4. The van der Waals surface area contributed by atoms with Gasteiger partial charge >= 0.3 is 6.09 Å². The van der Waals surface area contributed by atoms with E-state index in [0.29, 0.717) is 19.7 Å². The number of rotatable bonds is 2. The summed E-state index contributed by atoms with van der Waals surface area (Å²) in [5.41, 5.74) is 3.59. The molecule has 1 fully saturated rings. The summed E-state index contributed by atoms with van der Waals surface area (Å²) in [6.45, 7) is 8.88. The Morgan fingerprint density at radius 1 is 1.07 bits per heavy atom. The highest BCUT2D eigenvalue weighted by Crippen LogP contribution is 2.34. The molecule has 0 N–H and O–H groups in total. The van der Waals surface area contributed by atoms with Crippen molar-refractivity contribution in [3.05, 3.63) is 53.6 Å². The highest BCUT2D eigenvalue weighted by molar-refractivity contribution is 5.70. The van der Waals surface area contributed by atoms with E-state index in [0.717, 1.165) is 28.0 Å². The maximum Gasteiger partial charge on any atom is 0.410 e. The number of benzene rings is 2. The molecular weight excluding hydrogens is 370 g/mol. The van der Waals surface area contributed by atoms with Gasteiger partial charge in [0.2, 0.25) is 0 Å². The van der Waals surface area contributed by atoms with Gasteiger partial charge in [-0.25, -0.2) is 4.79 Å². The molecule has 0 spiro atoms. The van der Waals surface area contributed by atoms with E-state index in [1.165, 1.54) is 0 Å². The highest BCUT2D eigenvalue weighted by Gasteiger charge is 2.28. The monoisotopic (exact) mass is 397 g/mol. The van der Waals surface area contributed by atoms with Crippen LogP contribution >= 0.6 is 0 Å². The molecule has 2 aromatic carbocycles. The van der Waals surface area contributed by atoms with Gasteiger partial charge in [-0.3, -0.25) is 0 Å². The Morgan fingerprint density at radius 3 is 2.41 bits per heavy atom. The first-order valence-corrected chi connectivity index (χ1v) is 9.93. The molecular formula is C23H27NO5. The van der Waals surface area contributed by atoms with E-state index in [1.807, 2.05) is 52.0 Å². The van der Waals surface area contributed by atoms with Gasteiger partial charge in [0.25, 0.3) is 0 Å². The highest BCUT2D eigenvalue weighted by atomic mass is 16.9. The Labute approximate surface area is 171 Å². The average Bonchev–Trinajstić information content (AvgIpc) is 2.86. The molecule has 2 aliphatic heterocycles. The zero-order valence-corrected chi connectivity index (χ0v) is 17.3. The Balaban J connectivity index is 1.52. The Hall–Kier alpha value is -2.57. The molecule has 154 valence electrons. The van der Waals surface area contributed by atoms with Gasteiger partial charge in [0.05, 0.1) is 13.1 Å². The van der Waals surface area contributed by atoms with Crippen molar-refractivity contribution in [1.82, 2.24) is 4.90 Å². The third-order valence-corrected chi connectivity index (χ3v) is 4.84. The molecule has 0 radical (unpaired) electrons. The lowest BCUT2D eigenvalue weighted by Crippen LogP contribution is -2.37. The van der Waals surface area contributed by atoms with E-state index in [4.69, 9.17) is 18.9 Å². The number of hydrogen-bond acceptors (Lipinski definition) is 5. The SMILES string of the molecule is CC1OC(c2ccc(-c3ccc4c(c3)CN(C(=O)OC(C)(C)C)CCO4)cc2)O1. The van der Waals surface area contributed by atoms with Crippen LogP contribution in [-0.4, -0.2) is 36.0 Å². The van der Waals surface area contributed by atoms with E-state index in [-0.39, 0.29) is 18.7 Å². The minimum atomic E-state index is -0.525. The Kier molecular flexibility index (Phi) is 5.23. The molecule has 4 rings (SSSR count). The van der Waals surface area contributed by atoms with Crippen LogP contribution in [0.4, 0.5) is 4.79 Å². The van der Waals surface area contributed by atoms with E-state index in [1.54, 1.807) is 4.90 Å². The normalized spacial score (nSPS) is 21.4. The van der Waals surface area contributed by atoms with Gasteiger partial charge in [-0.05, 0) is 51.0 Å². The zero-order valence-electron chi connectivity index (χ0n) is 17.3. The average molecular weight is 397 g/mol. The lowest BCUT2D eigenvalue weighted by atomic mass is 10.0. The quantitative estimate of drug-likeness (QED) is 0.723. The number of nitrogens with zero attached hydrogens (tertiary/aromatic N) is 1. The maximum atomic E-state index is 12.5. The van der Waals surface area contributed by atoms with Gasteiger partial charge in [0, 0.05) is 11.1 Å². The van der Waals surface area contributed by atoms with Crippen LogP contribution in [0.15, 0.2) is 42.5 Å². The van der Waals surface area contributed by atoms with Gasteiger partial charge in [0.15, 0.2) is 12.6 Å². The van der Waals surface area contributed by atoms with Gasteiger partial charge in [-0.15, -0.1) is 0 Å². The Morgan fingerprint density at radius 2 is 1.76 bits per heavy atom. The van der Waals surface area contributed by atoms with Crippen molar-refractivity contribution in [3.63, 3.8) is 0 Å². The molecule has 2 aliphatic rings. The van der Waals surface area contributed by atoms with Crippen LogP contribution in [0.25, 0.3) is 11.1 Å². The minimum Gasteiger partial charge on any atom is -0.491 e. The molecule has 2 heterocycles. The number of carbonyl (C=O) groups excluding carboxylic acids is 1. The van der Waals surface area contributed by atoms with Gasteiger partial charge < -0.3 is 23.8 Å². The summed E-state index contributed by atoms with van der Waals surface area (Å²) in [6.07, 6.45) is -0.738. The fraction of sp³-hybridized carbons (Fsp3) is 0.435. The van der Waals surface area contributed by atoms with Crippen LogP contribution in [0.2, 0.25) is 0 Å². The largest absolute Gasteiger partial charge is 0.491 e. The molecule has 0 unspecified atom stereocenters. The minimum absolute atomic E-state index is 0.142. The smallest absolute Gasteiger partial charge is 0.410 e. The molecule has 2 aromatic rings. The first-order valence-electron chi connectivity index (χ1n) is 9.93. The number of carbonyl (C=O) groups is 1. The summed E-state index contributed by atoms with van der Waals surface area (Å²) in [5, 5.41) is 0. The molecule has 6 nitrogen and oxygen atoms in total. The molecule has 1 saturated heterocycles. The number of amides is 1. The van der Waals surface area contributed by atoms with Crippen molar-refractivity contribution in [2.24, 2.45) is 0 Å². The number of hydrogen-bond donors (Lipinski definition) is 0. The lowest BCUT2D eigenvalue weighted by molar-refractivity contribution is -0.382. The molecule has 0 atom stereocenters. The second-order valence-corrected chi connectivity index (χ2v) is 8.37. The van der Waals surface area contributed by atoms with Crippen LogP contribution in [0.3, 0.4) is 0 Å². The lowest BCUT2D eigenvalue weighted by Gasteiger charge is -2.33. The Bertz CT molecular complexity index is 881. The summed E-state index contributed by atoms with van der Waals surface area (Å²) in [7, 11) is 0. The van der Waals surface area contributed by atoms with E-state index in [2.05, 4.69) is 18.2 Å².